The fourth-order valence-electron chi connectivity index (χ4n) is 7.95. The Morgan fingerprint density at radius 1 is 0.855 bits per heavy atom. The number of aromatic amines is 1. The zero-order valence-corrected chi connectivity index (χ0v) is 46.6. The summed E-state index contributed by atoms with van der Waals surface area (Å²) in [6, 6.07) is 27.9. The van der Waals surface area contributed by atoms with Gasteiger partial charge in [0.1, 0.15) is 35.4 Å². The molecule has 13 nitrogen and oxygen atoms in total. The number of nitrogens with one attached hydrogen (secondary N) is 1. The molecular weight excluding hydrogens is 948 g/mol. The smallest absolute Gasteiger partial charge is 0.330 e. The molecule has 3 aromatic carbocycles. The normalized spacial score (nSPS) is 18.5. The van der Waals surface area contributed by atoms with Crippen molar-refractivity contribution in [2.75, 3.05) is 33.2 Å². The summed E-state index contributed by atoms with van der Waals surface area (Å²) < 4.78 is 51.1. The van der Waals surface area contributed by atoms with Crippen LogP contribution in [0.1, 0.15) is 111 Å². The number of hydrogen-bond donors (Lipinski definition) is 1. The highest BCUT2D eigenvalue weighted by molar-refractivity contribution is 8.77. The van der Waals surface area contributed by atoms with E-state index in [4.69, 9.17) is 32.4 Å². The van der Waals surface area contributed by atoms with Crippen molar-refractivity contribution in [2.24, 2.45) is 0 Å². The van der Waals surface area contributed by atoms with Gasteiger partial charge in [-0.2, -0.15) is 5.26 Å². The fourth-order valence-corrected chi connectivity index (χ4v) is 13.4. The number of aryl methyl sites for hydroxylation is 1. The minimum absolute atomic E-state index is 0.00835. The molecule has 1 unspecified atom stereocenters. The molecule has 5 atom stereocenters. The zero-order chi connectivity index (χ0) is 50.7. The van der Waals surface area contributed by atoms with Crippen LogP contribution in [0, 0.1) is 11.3 Å². The van der Waals surface area contributed by atoms with E-state index in [1.165, 1.54) is 4.57 Å². The minimum atomic E-state index is -2.70. The Kier molecular flexibility index (Phi) is 20.3. The lowest BCUT2D eigenvalue weighted by atomic mass is 9.80. The fraction of sp³-hybridized carbons (Fsp3) is 0.558. The summed E-state index contributed by atoms with van der Waals surface area (Å²) in [7, 11) is 2.30. The van der Waals surface area contributed by atoms with Crippen LogP contribution in [0.25, 0.3) is 0 Å². The van der Waals surface area contributed by atoms with Crippen molar-refractivity contribution in [2.45, 2.75) is 154 Å². The van der Waals surface area contributed by atoms with Crippen molar-refractivity contribution >= 4 is 38.4 Å². The van der Waals surface area contributed by atoms with Crippen LogP contribution in [0.15, 0.2) is 94.6 Å². The van der Waals surface area contributed by atoms with E-state index < -0.39 is 58.2 Å². The summed E-state index contributed by atoms with van der Waals surface area (Å²) in [5.41, 5.74) is 0.714. The molecule has 1 aromatic heterocycles. The first kappa shape index (κ1) is 56.5. The summed E-state index contributed by atoms with van der Waals surface area (Å²) in [6.07, 6.45) is -0.697. The Labute approximate surface area is 420 Å². The van der Waals surface area contributed by atoms with E-state index in [-0.39, 0.29) is 41.5 Å². The van der Waals surface area contributed by atoms with Crippen molar-refractivity contribution in [3.63, 3.8) is 0 Å². The first-order valence-corrected chi connectivity index (χ1v) is 30.1. The molecule has 1 aliphatic rings. The van der Waals surface area contributed by atoms with Gasteiger partial charge in [0.25, 0.3) is 14.1 Å². The molecule has 0 bridgehead atoms. The number of hydrogen-bond acceptors (Lipinski definition) is 13. The predicted molar refractivity (Wildman–Crippen MR) is 284 cm³/mol. The van der Waals surface area contributed by atoms with E-state index in [1.54, 1.807) is 42.0 Å². The van der Waals surface area contributed by atoms with Crippen molar-refractivity contribution in [1.82, 2.24) is 14.2 Å². The van der Waals surface area contributed by atoms with E-state index in [0.29, 0.717) is 23.5 Å². The maximum absolute atomic E-state index is 14.3. The second-order valence-electron chi connectivity index (χ2n) is 20.3. The van der Waals surface area contributed by atoms with E-state index in [9.17, 15) is 14.9 Å². The molecule has 4 aromatic rings. The quantitative estimate of drug-likeness (QED) is 0.0234. The van der Waals surface area contributed by atoms with Crippen molar-refractivity contribution in [3.05, 3.63) is 128 Å². The van der Waals surface area contributed by atoms with Gasteiger partial charge in [-0.05, 0) is 99.6 Å². The lowest BCUT2D eigenvalue weighted by molar-refractivity contribution is -0.0944. The zero-order valence-electron chi connectivity index (χ0n) is 43.1. The third-order valence-electron chi connectivity index (χ3n) is 12.3. The molecule has 0 aliphatic carbocycles. The van der Waals surface area contributed by atoms with Crippen LogP contribution in [0.5, 0.6) is 11.5 Å². The van der Waals surface area contributed by atoms with Crippen LogP contribution < -0.4 is 20.7 Å². The number of aromatic nitrogens is 2. The summed E-state index contributed by atoms with van der Waals surface area (Å²) in [5.74, 6) is 2.21. The van der Waals surface area contributed by atoms with Crippen LogP contribution in [0.3, 0.4) is 0 Å². The molecule has 1 saturated heterocycles. The molecule has 1 aliphatic heterocycles. The Bertz CT molecular complexity index is 2330. The van der Waals surface area contributed by atoms with Gasteiger partial charge in [0.2, 0.25) is 0 Å². The number of nitrogens with zero attached hydrogens (tertiary/aromatic N) is 3. The first-order chi connectivity index (χ1) is 32.6. The average molecular weight is 1020 g/mol. The highest BCUT2D eigenvalue weighted by atomic mass is 33.1. The number of nitriles is 1. The van der Waals surface area contributed by atoms with Gasteiger partial charge in [-0.25, -0.2) is 9.46 Å². The van der Waals surface area contributed by atoms with Gasteiger partial charge in [-0.15, -0.1) is 0 Å². The van der Waals surface area contributed by atoms with Crippen LogP contribution in [0.4, 0.5) is 0 Å². The lowest BCUT2D eigenvalue weighted by Crippen LogP contribution is -2.51. The third-order valence-corrected chi connectivity index (χ3v) is 22.4. The van der Waals surface area contributed by atoms with E-state index in [0.717, 1.165) is 28.9 Å². The summed E-state index contributed by atoms with van der Waals surface area (Å²) in [5, 5.41) is 9.37. The highest BCUT2D eigenvalue weighted by Crippen LogP contribution is 2.52. The summed E-state index contributed by atoms with van der Waals surface area (Å²) in [6.45, 7) is 25.8. The maximum Gasteiger partial charge on any atom is 0.330 e. The number of methoxy groups -OCH3 is 2. The molecule has 1 fully saturated rings. The molecule has 69 heavy (non-hydrogen) atoms. The van der Waals surface area contributed by atoms with Gasteiger partial charge in [0, 0.05) is 34.3 Å². The SMILES string of the molecule is COc1ccc(C(OC[C@H]2O[C@@H](n3cc(CCCSSC(C)(C)C)c(=O)[nH]c3=O)[C@H](O[Si](C)(C)C(C)(C)C)[C@@H]2OP(OCCC#N)N(C(C)C)C(C)C)(c2ccccc2)c2ccc(OC)cc2)cc1. The number of rotatable bonds is 24. The predicted octanol–water partition coefficient (Wildman–Crippen LogP) is 11.6. The molecule has 2 heterocycles. The second-order valence-corrected chi connectivity index (χ2v) is 29.7. The molecule has 1 N–H and O–H groups in total. The summed E-state index contributed by atoms with van der Waals surface area (Å²) >= 11 is 0. The molecule has 0 radical (unpaired) electrons. The number of ether oxygens (including phenoxy) is 4. The van der Waals surface area contributed by atoms with Gasteiger partial charge in [0.05, 0.1) is 39.9 Å². The standard InChI is InChI=1S/C52H75N4O9PS2Si/c1-36(2)56(37(3)4)66(62-32-19-31-53)64-45-44(35-61-52(39-21-16-15-17-22-39,40-23-27-42(59-11)28-24-40)41-25-29-43(60-12)30-26-41)63-48(46(45)65-69(13,14)51(8,9)10)55-34-38(47(57)54-49(55)58)20-18-33-67-68-50(5,6)7/h15-17,21-30,34,36-37,44-46,48H,18-20,32-33,35H2,1-14H3,(H,54,57,58)/t44-,45-,46-,48-,66?/m1/s1. The van der Waals surface area contributed by atoms with Gasteiger partial charge in [-0.3, -0.25) is 14.3 Å². The van der Waals surface area contributed by atoms with Crippen LogP contribution in [0.2, 0.25) is 18.1 Å². The molecular formula is C52H75N4O9PS2Si. The first-order valence-electron chi connectivity index (χ1n) is 23.8. The highest BCUT2D eigenvalue weighted by Gasteiger charge is 2.54. The molecule has 378 valence electrons. The average Bonchev–Trinajstić information content (AvgIpc) is 3.61. The van der Waals surface area contributed by atoms with Crippen molar-refractivity contribution in [1.29, 1.82) is 5.26 Å². The topological polar surface area (TPSA) is 147 Å². The van der Waals surface area contributed by atoms with Gasteiger partial charge in [-0.1, -0.05) is 118 Å². The van der Waals surface area contributed by atoms with E-state index >= 15 is 0 Å². The number of benzene rings is 3. The second kappa shape index (κ2) is 24.8. The maximum atomic E-state index is 14.3. The molecule has 5 rings (SSSR count). The Hall–Kier alpha value is -3.46. The van der Waals surface area contributed by atoms with Crippen LogP contribution in [-0.4, -0.2) is 90.9 Å². The molecule has 17 heteroatoms. The van der Waals surface area contributed by atoms with E-state index in [1.807, 2.05) is 78.9 Å². The lowest BCUT2D eigenvalue weighted by Gasteiger charge is -2.42. The minimum Gasteiger partial charge on any atom is -0.497 e. The van der Waals surface area contributed by atoms with Crippen LogP contribution >= 0.6 is 30.1 Å². The molecule has 0 saturated carbocycles. The third kappa shape index (κ3) is 14.4. The van der Waals surface area contributed by atoms with Crippen LogP contribution in [-0.2, 0) is 35.0 Å². The molecule has 0 amide bonds. The van der Waals surface area contributed by atoms with Crippen molar-refractivity contribution in [3.8, 4) is 17.6 Å². The van der Waals surface area contributed by atoms with Gasteiger partial charge in [0.15, 0.2) is 14.5 Å². The van der Waals surface area contributed by atoms with E-state index in [2.05, 4.69) is 98.1 Å². The largest absolute Gasteiger partial charge is 0.497 e. The Morgan fingerprint density at radius 2 is 1.42 bits per heavy atom. The van der Waals surface area contributed by atoms with Gasteiger partial charge >= 0.3 is 5.69 Å². The molecule has 0 spiro atoms. The van der Waals surface area contributed by atoms with Crippen molar-refractivity contribution < 1.29 is 32.4 Å². The Balaban J connectivity index is 1.73. The Morgan fingerprint density at radius 3 is 1.93 bits per heavy atom. The summed E-state index contributed by atoms with van der Waals surface area (Å²) in [4.78, 5) is 30.4. The monoisotopic (exact) mass is 1020 g/mol. The number of H-pyrrole nitrogens is 1. The van der Waals surface area contributed by atoms with Gasteiger partial charge < -0.3 is 32.4 Å².